The Morgan fingerprint density at radius 2 is 1.74 bits per heavy atom. The zero-order chi connectivity index (χ0) is 23.2. The summed E-state index contributed by atoms with van der Waals surface area (Å²) in [5.41, 5.74) is 2.52. The summed E-state index contributed by atoms with van der Waals surface area (Å²) in [6.45, 7) is 11.7. The molecule has 168 valence electrons. The molecule has 0 aliphatic heterocycles. The van der Waals surface area contributed by atoms with E-state index >= 15 is 0 Å². The first-order valence-electron chi connectivity index (χ1n) is 10.6. The molecule has 0 spiro atoms. The van der Waals surface area contributed by atoms with Crippen LogP contribution in [0.3, 0.4) is 0 Å². The second-order valence-electron chi connectivity index (χ2n) is 8.87. The van der Waals surface area contributed by atoms with Crippen molar-refractivity contribution in [3.8, 4) is 5.75 Å². The van der Waals surface area contributed by atoms with Gasteiger partial charge in [0, 0.05) is 17.1 Å². The zero-order valence-electron chi connectivity index (χ0n) is 19.3. The van der Waals surface area contributed by atoms with E-state index in [9.17, 15) is 9.59 Å². The minimum Gasteiger partial charge on any atom is -0.483 e. The number of rotatable bonds is 8. The van der Waals surface area contributed by atoms with Crippen LogP contribution in [0.2, 0.25) is 5.02 Å². The number of benzene rings is 2. The average molecular weight is 445 g/mol. The molecule has 0 radical (unpaired) electrons. The van der Waals surface area contributed by atoms with Crippen LogP contribution in [-0.4, -0.2) is 34.9 Å². The number of amides is 2. The highest BCUT2D eigenvalue weighted by molar-refractivity contribution is 6.30. The second-order valence-corrected chi connectivity index (χ2v) is 9.31. The van der Waals surface area contributed by atoms with E-state index in [2.05, 4.69) is 5.32 Å². The van der Waals surface area contributed by atoms with E-state index in [1.165, 1.54) is 0 Å². The molecule has 2 aromatic rings. The Labute approximate surface area is 190 Å². The Balaban J connectivity index is 2.26. The van der Waals surface area contributed by atoms with Crippen LogP contribution >= 0.6 is 11.6 Å². The number of nitrogens with zero attached hydrogens (tertiary/aromatic N) is 1. The summed E-state index contributed by atoms with van der Waals surface area (Å²) in [5.74, 6) is 0.253. The number of aryl methyl sites for hydroxylation is 2. The molecular weight excluding hydrogens is 412 g/mol. The zero-order valence-corrected chi connectivity index (χ0v) is 20.0. The third kappa shape index (κ3) is 7.59. The molecule has 0 saturated carbocycles. The van der Waals surface area contributed by atoms with Gasteiger partial charge in [-0.2, -0.15) is 0 Å². The van der Waals surface area contributed by atoms with Gasteiger partial charge in [0.05, 0.1) is 0 Å². The summed E-state index contributed by atoms with van der Waals surface area (Å²) in [6, 6.07) is 12.6. The van der Waals surface area contributed by atoms with Crippen LogP contribution in [0.4, 0.5) is 0 Å². The smallest absolute Gasteiger partial charge is 0.261 e. The number of hydrogen-bond donors (Lipinski definition) is 1. The van der Waals surface area contributed by atoms with Gasteiger partial charge in [0.25, 0.3) is 5.91 Å². The van der Waals surface area contributed by atoms with Gasteiger partial charge in [0.2, 0.25) is 5.91 Å². The Hall–Kier alpha value is -2.53. The molecule has 0 aromatic heterocycles. The molecule has 0 heterocycles. The lowest BCUT2D eigenvalue weighted by molar-refractivity contribution is -0.143. The molecule has 5 nitrogen and oxygen atoms in total. The summed E-state index contributed by atoms with van der Waals surface area (Å²) in [7, 11) is 0. The topological polar surface area (TPSA) is 58.6 Å². The molecule has 0 bridgehead atoms. The number of halogens is 1. The second kappa shape index (κ2) is 10.7. The monoisotopic (exact) mass is 444 g/mol. The standard InChI is InChI=1S/C25H33ClN2O3/c1-7-21(24(30)27-25(4,5)6)28(15-19-10-12-20(26)13-11-19)23(29)16-31-22-14-17(2)8-9-18(22)3/h8-14,21H,7,15-16H2,1-6H3,(H,27,30)/t21-/m0/s1. The predicted octanol–water partition coefficient (Wildman–Crippen LogP) is 5.06. The van der Waals surface area contributed by atoms with Gasteiger partial charge < -0.3 is 15.0 Å². The Bertz CT molecular complexity index is 904. The first kappa shape index (κ1) is 24.7. The van der Waals surface area contributed by atoms with Gasteiger partial charge in [-0.1, -0.05) is 42.8 Å². The van der Waals surface area contributed by atoms with Crippen molar-refractivity contribution in [1.82, 2.24) is 10.2 Å². The fourth-order valence-corrected chi connectivity index (χ4v) is 3.37. The minimum absolute atomic E-state index is 0.142. The third-order valence-electron chi connectivity index (χ3n) is 4.85. The molecule has 0 aliphatic carbocycles. The summed E-state index contributed by atoms with van der Waals surface area (Å²) in [6.07, 6.45) is 0.491. The molecule has 1 N–H and O–H groups in total. The van der Waals surface area contributed by atoms with Gasteiger partial charge in [-0.05, 0) is 75.9 Å². The maximum Gasteiger partial charge on any atom is 0.261 e. The van der Waals surface area contributed by atoms with Gasteiger partial charge in [0.1, 0.15) is 11.8 Å². The van der Waals surface area contributed by atoms with Crippen molar-refractivity contribution in [2.45, 2.75) is 66.1 Å². The molecule has 2 aromatic carbocycles. The first-order chi connectivity index (χ1) is 14.5. The van der Waals surface area contributed by atoms with Crippen LogP contribution in [0.1, 0.15) is 50.8 Å². The third-order valence-corrected chi connectivity index (χ3v) is 5.10. The number of carbonyl (C=O) groups is 2. The van der Waals surface area contributed by atoms with E-state index in [-0.39, 0.29) is 18.4 Å². The SMILES string of the molecule is CC[C@@H](C(=O)NC(C)(C)C)N(Cc1ccc(Cl)cc1)C(=O)COc1cc(C)ccc1C. The minimum atomic E-state index is -0.607. The molecule has 0 saturated heterocycles. The van der Waals surface area contributed by atoms with Gasteiger partial charge in [-0.3, -0.25) is 9.59 Å². The van der Waals surface area contributed by atoms with Crippen LogP contribution in [0, 0.1) is 13.8 Å². The van der Waals surface area contributed by atoms with Crippen LogP contribution in [0.5, 0.6) is 5.75 Å². The molecule has 2 rings (SSSR count). The number of hydrogen-bond acceptors (Lipinski definition) is 3. The van der Waals surface area contributed by atoms with Crippen molar-refractivity contribution < 1.29 is 14.3 Å². The van der Waals surface area contributed by atoms with Crippen LogP contribution in [0.15, 0.2) is 42.5 Å². The van der Waals surface area contributed by atoms with Crippen molar-refractivity contribution in [3.63, 3.8) is 0 Å². The molecule has 0 unspecified atom stereocenters. The molecule has 1 atom stereocenters. The first-order valence-corrected chi connectivity index (χ1v) is 10.9. The fourth-order valence-electron chi connectivity index (χ4n) is 3.24. The molecule has 31 heavy (non-hydrogen) atoms. The summed E-state index contributed by atoms with van der Waals surface area (Å²) < 4.78 is 5.85. The normalized spacial score (nSPS) is 12.2. The molecule has 0 aliphatic rings. The van der Waals surface area contributed by atoms with Crippen molar-refractivity contribution in [2.24, 2.45) is 0 Å². The quantitative estimate of drug-likeness (QED) is 0.619. The molecular formula is C25H33ClN2O3. The Morgan fingerprint density at radius 3 is 2.32 bits per heavy atom. The number of nitrogens with one attached hydrogen (secondary N) is 1. The summed E-state index contributed by atoms with van der Waals surface area (Å²) in [4.78, 5) is 27.8. The van der Waals surface area contributed by atoms with Crippen molar-refractivity contribution in [3.05, 3.63) is 64.2 Å². The van der Waals surface area contributed by atoms with Crippen molar-refractivity contribution >= 4 is 23.4 Å². The largest absolute Gasteiger partial charge is 0.483 e. The van der Waals surface area contributed by atoms with Gasteiger partial charge in [-0.25, -0.2) is 0 Å². The highest BCUT2D eigenvalue weighted by Crippen LogP contribution is 2.20. The van der Waals surface area contributed by atoms with E-state index in [1.807, 2.05) is 71.9 Å². The Kier molecular flexibility index (Phi) is 8.52. The van der Waals surface area contributed by atoms with Gasteiger partial charge >= 0.3 is 0 Å². The highest BCUT2D eigenvalue weighted by atomic mass is 35.5. The lowest BCUT2D eigenvalue weighted by Gasteiger charge is -2.33. The van der Waals surface area contributed by atoms with Crippen molar-refractivity contribution in [2.75, 3.05) is 6.61 Å². The fraction of sp³-hybridized carbons (Fsp3) is 0.440. The average Bonchev–Trinajstić information content (AvgIpc) is 2.68. The van der Waals surface area contributed by atoms with Gasteiger partial charge in [-0.15, -0.1) is 0 Å². The van der Waals surface area contributed by atoms with E-state index in [4.69, 9.17) is 16.3 Å². The van der Waals surface area contributed by atoms with E-state index in [0.717, 1.165) is 16.7 Å². The summed E-state index contributed by atoms with van der Waals surface area (Å²) in [5, 5.41) is 3.62. The molecule has 6 heteroatoms. The number of carbonyl (C=O) groups excluding carboxylic acids is 2. The van der Waals surface area contributed by atoms with E-state index in [0.29, 0.717) is 23.7 Å². The summed E-state index contributed by atoms with van der Waals surface area (Å²) >= 11 is 6.00. The number of ether oxygens (including phenoxy) is 1. The Morgan fingerprint density at radius 1 is 1.10 bits per heavy atom. The van der Waals surface area contributed by atoms with Crippen LogP contribution < -0.4 is 10.1 Å². The molecule has 2 amide bonds. The lowest BCUT2D eigenvalue weighted by atomic mass is 10.1. The predicted molar refractivity (Wildman–Crippen MR) is 125 cm³/mol. The van der Waals surface area contributed by atoms with Crippen LogP contribution in [0.25, 0.3) is 0 Å². The lowest BCUT2D eigenvalue weighted by Crippen LogP contribution is -2.54. The van der Waals surface area contributed by atoms with Crippen molar-refractivity contribution in [1.29, 1.82) is 0 Å². The van der Waals surface area contributed by atoms with E-state index < -0.39 is 11.6 Å². The maximum atomic E-state index is 13.2. The van der Waals surface area contributed by atoms with Gasteiger partial charge in [0.15, 0.2) is 6.61 Å². The van der Waals surface area contributed by atoms with E-state index in [1.54, 1.807) is 17.0 Å². The molecule has 0 fully saturated rings. The van der Waals surface area contributed by atoms with Crippen LogP contribution in [-0.2, 0) is 16.1 Å². The highest BCUT2D eigenvalue weighted by Gasteiger charge is 2.31. The maximum absolute atomic E-state index is 13.2.